The second kappa shape index (κ2) is 7.58. The molecule has 0 radical (unpaired) electrons. The van der Waals surface area contributed by atoms with Gasteiger partial charge >= 0.3 is 0 Å². The average Bonchev–Trinajstić information content (AvgIpc) is 3.11. The molecule has 2 aromatic heterocycles. The molecule has 4 rings (SSSR count). The minimum absolute atomic E-state index is 0.391. The highest BCUT2D eigenvalue weighted by Gasteiger charge is 2.19. The molecule has 6 nitrogen and oxygen atoms in total. The van der Waals surface area contributed by atoms with Crippen molar-refractivity contribution >= 4 is 11.6 Å². The van der Waals surface area contributed by atoms with Gasteiger partial charge in [-0.15, -0.1) is 0 Å². The number of nitrogens with one attached hydrogen (secondary N) is 2. The normalized spacial score (nSPS) is 13.3. The zero-order valence-corrected chi connectivity index (χ0v) is 16.1. The highest BCUT2D eigenvalue weighted by Crippen LogP contribution is 2.38. The minimum Gasteiger partial charge on any atom is -0.487 e. The van der Waals surface area contributed by atoms with Crippen LogP contribution in [0.5, 0.6) is 11.6 Å². The molecule has 7 heteroatoms. The van der Waals surface area contributed by atoms with Crippen LogP contribution in [0.4, 0.5) is 0 Å². The number of benzene rings is 1. The fourth-order valence-electron chi connectivity index (χ4n) is 3.32. The minimum atomic E-state index is 0.391. The number of ether oxygens (including phenoxy) is 2. The molecule has 1 aliphatic heterocycles. The Morgan fingerprint density at radius 1 is 1.26 bits per heavy atom. The average molecular weight is 385 g/mol. The summed E-state index contributed by atoms with van der Waals surface area (Å²) in [6.45, 7) is 4.13. The molecule has 1 aliphatic rings. The van der Waals surface area contributed by atoms with E-state index < -0.39 is 0 Å². The Morgan fingerprint density at radius 2 is 2.15 bits per heavy atom. The molecule has 0 saturated carbocycles. The molecular weight excluding hydrogens is 364 g/mol. The zero-order chi connectivity index (χ0) is 18.8. The van der Waals surface area contributed by atoms with Gasteiger partial charge < -0.3 is 14.8 Å². The van der Waals surface area contributed by atoms with Crippen LogP contribution in [0.1, 0.15) is 22.5 Å². The van der Waals surface area contributed by atoms with Crippen molar-refractivity contribution in [2.45, 2.75) is 26.5 Å². The predicted octanol–water partition coefficient (Wildman–Crippen LogP) is 3.67. The summed E-state index contributed by atoms with van der Waals surface area (Å²) in [4.78, 5) is 4.29. The first kappa shape index (κ1) is 17.8. The van der Waals surface area contributed by atoms with Gasteiger partial charge in [0.1, 0.15) is 18.1 Å². The third-order valence-corrected chi connectivity index (χ3v) is 5.18. The number of hydrogen-bond acceptors (Lipinski definition) is 5. The Hall–Kier alpha value is -2.57. The summed E-state index contributed by atoms with van der Waals surface area (Å²) >= 11 is 6.38. The second-order valence-electron chi connectivity index (χ2n) is 6.50. The number of pyridine rings is 1. The molecule has 3 aromatic rings. The Bertz CT molecular complexity index is 971. The summed E-state index contributed by atoms with van der Waals surface area (Å²) in [5.74, 6) is 1.26. The Morgan fingerprint density at radius 3 is 3.00 bits per heavy atom. The first-order valence-electron chi connectivity index (χ1n) is 8.85. The highest BCUT2D eigenvalue weighted by molar-refractivity contribution is 6.31. The third-order valence-electron chi connectivity index (χ3n) is 4.77. The van der Waals surface area contributed by atoms with Crippen molar-refractivity contribution < 1.29 is 9.47 Å². The maximum absolute atomic E-state index is 6.38. The van der Waals surface area contributed by atoms with E-state index in [1.54, 1.807) is 13.3 Å². The van der Waals surface area contributed by atoms with Gasteiger partial charge in [-0.25, -0.2) is 4.98 Å². The van der Waals surface area contributed by atoms with Crippen LogP contribution in [-0.4, -0.2) is 28.8 Å². The molecule has 3 heterocycles. The number of methoxy groups -OCH3 is 1. The van der Waals surface area contributed by atoms with E-state index in [9.17, 15) is 0 Å². The van der Waals surface area contributed by atoms with E-state index in [0.717, 1.165) is 53.3 Å². The standard InChI is InChI=1S/C20H21ClN4O2/c1-12-8-19(27-11-18-14-5-7-22-10-17(14)24-25-18)15(9-16(12)21)13-4-3-6-23-20(13)26-2/h3-4,6,8-9,22H,5,7,10-11H2,1-2H3,(H,24,25). The number of fused-ring (bicyclic) bond motifs is 1. The lowest BCUT2D eigenvalue weighted by molar-refractivity contribution is 0.300. The smallest absolute Gasteiger partial charge is 0.221 e. The van der Waals surface area contributed by atoms with Crippen LogP contribution in [0.3, 0.4) is 0 Å². The molecule has 2 N–H and O–H groups in total. The lowest BCUT2D eigenvalue weighted by Gasteiger charge is -2.16. The summed E-state index contributed by atoms with van der Waals surface area (Å²) in [5.41, 5.74) is 5.97. The summed E-state index contributed by atoms with van der Waals surface area (Å²) < 4.78 is 11.6. The van der Waals surface area contributed by atoms with Crippen LogP contribution in [0.25, 0.3) is 11.1 Å². The number of aryl methyl sites for hydroxylation is 1. The van der Waals surface area contributed by atoms with Gasteiger partial charge in [0.15, 0.2) is 0 Å². The van der Waals surface area contributed by atoms with Gasteiger partial charge in [-0.2, -0.15) is 5.10 Å². The predicted molar refractivity (Wildman–Crippen MR) is 104 cm³/mol. The number of aromatic amines is 1. The molecule has 0 unspecified atom stereocenters. The Kier molecular flexibility index (Phi) is 5.01. The monoisotopic (exact) mass is 384 g/mol. The van der Waals surface area contributed by atoms with Gasteiger partial charge in [-0.1, -0.05) is 11.6 Å². The van der Waals surface area contributed by atoms with Crippen LogP contribution in [0.2, 0.25) is 5.02 Å². The SMILES string of the molecule is COc1ncccc1-c1cc(Cl)c(C)cc1OCc1n[nH]c2c1CCNC2. The molecule has 0 fully saturated rings. The van der Waals surface area contributed by atoms with Gasteiger partial charge in [-0.3, -0.25) is 5.10 Å². The summed E-state index contributed by atoms with van der Waals surface area (Å²) in [7, 11) is 1.60. The van der Waals surface area contributed by atoms with Crippen LogP contribution in [-0.2, 0) is 19.6 Å². The number of rotatable bonds is 5. The van der Waals surface area contributed by atoms with Crippen molar-refractivity contribution in [2.75, 3.05) is 13.7 Å². The number of hydrogen-bond donors (Lipinski definition) is 2. The number of aromatic nitrogens is 3. The van der Waals surface area contributed by atoms with Gasteiger partial charge in [0.05, 0.1) is 12.8 Å². The third kappa shape index (κ3) is 3.50. The van der Waals surface area contributed by atoms with Crippen molar-refractivity contribution in [3.8, 4) is 22.8 Å². The summed E-state index contributed by atoms with van der Waals surface area (Å²) in [6.07, 6.45) is 2.65. The van der Waals surface area contributed by atoms with Gasteiger partial charge in [-0.05, 0) is 49.7 Å². The zero-order valence-electron chi connectivity index (χ0n) is 15.3. The Labute approximate surface area is 162 Å². The van der Waals surface area contributed by atoms with Crippen molar-refractivity contribution in [3.63, 3.8) is 0 Å². The van der Waals surface area contributed by atoms with Gasteiger partial charge in [0.2, 0.25) is 5.88 Å². The second-order valence-corrected chi connectivity index (χ2v) is 6.91. The lowest BCUT2D eigenvalue weighted by atomic mass is 10.0. The van der Waals surface area contributed by atoms with E-state index in [1.807, 2.05) is 31.2 Å². The fraction of sp³-hybridized carbons (Fsp3) is 0.300. The van der Waals surface area contributed by atoms with E-state index in [0.29, 0.717) is 17.5 Å². The van der Waals surface area contributed by atoms with Crippen molar-refractivity contribution in [1.29, 1.82) is 0 Å². The molecule has 0 aliphatic carbocycles. The van der Waals surface area contributed by atoms with Crippen molar-refractivity contribution in [3.05, 3.63) is 58.0 Å². The summed E-state index contributed by atoms with van der Waals surface area (Å²) in [6, 6.07) is 7.66. The van der Waals surface area contributed by atoms with E-state index in [1.165, 1.54) is 5.56 Å². The molecular formula is C20H21ClN4O2. The van der Waals surface area contributed by atoms with E-state index in [2.05, 4.69) is 20.5 Å². The quantitative estimate of drug-likeness (QED) is 0.702. The van der Waals surface area contributed by atoms with Crippen LogP contribution in [0.15, 0.2) is 30.5 Å². The molecule has 1 aromatic carbocycles. The topological polar surface area (TPSA) is 72.1 Å². The molecule has 0 bridgehead atoms. The van der Waals surface area contributed by atoms with Crippen LogP contribution >= 0.6 is 11.6 Å². The first-order chi connectivity index (χ1) is 13.2. The molecule has 0 amide bonds. The first-order valence-corrected chi connectivity index (χ1v) is 9.23. The molecule has 27 heavy (non-hydrogen) atoms. The maximum atomic E-state index is 6.38. The maximum Gasteiger partial charge on any atom is 0.221 e. The van der Waals surface area contributed by atoms with E-state index in [-0.39, 0.29) is 0 Å². The molecule has 0 atom stereocenters. The molecule has 140 valence electrons. The lowest BCUT2D eigenvalue weighted by Crippen LogP contribution is -2.23. The van der Waals surface area contributed by atoms with E-state index >= 15 is 0 Å². The van der Waals surface area contributed by atoms with Crippen molar-refractivity contribution in [2.24, 2.45) is 0 Å². The van der Waals surface area contributed by atoms with Crippen LogP contribution < -0.4 is 14.8 Å². The highest BCUT2D eigenvalue weighted by atomic mass is 35.5. The van der Waals surface area contributed by atoms with Crippen molar-refractivity contribution in [1.82, 2.24) is 20.5 Å². The van der Waals surface area contributed by atoms with Gasteiger partial charge in [0.25, 0.3) is 0 Å². The fourth-order valence-corrected chi connectivity index (χ4v) is 3.48. The van der Waals surface area contributed by atoms with E-state index in [4.69, 9.17) is 21.1 Å². The van der Waals surface area contributed by atoms with Gasteiger partial charge in [0, 0.05) is 34.5 Å². The number of nitrogens with zero attached hydrogens (tertiary/aromatic N) is 2. The van der Waals surface area contributed by atoms with Crippen LogP contribution in [0, 0.1) is 6.92 Å². The molecule has 0 spiro atoms. The number of H-pyrrole nitrogens is 1. The molecule has 0 saturated heterocycles. The largest absolute Gasteiger partial charge is 0.487 e. The number of halogens is 1. The Balaban J connectivity index is 1.68. The summed E-state index contributed by atoms with van der Waals surface area (Å²) in [5, 5.41) is 11.5.